The molecule has 1 aliphatic rings. The van der Waals surface area contributed by atoms with Crippen LogP contribution in [0.1, 0.15) is 33.6 Å². The summed E-state index contributed by atoms with van der Waals surface area (Å²) in [5, 5.41) is 0. The number of pyridine rings is 1. The molecule has 5 heteroatoms. The summed E-state index contributed by atoms with van der Waals surface area (Å²) in [7, 11) is 0. The predicted molar refractivity (Wildman–Crippen MR) is 51.8 cm³/mol. The van der Waals surface area contributed by atoms with Crippen molar-refractivity contribution in [3.63, 3.8) is 0 Å². The lowest BCUT2D eigenvalue weighted by Gasteiger charge is -2.09. The monoisotopic (exact) mass is 206 g/mol. The van der Waals surface area contributed by atoms with Crippen molar-refractivity contribution in [3.8, 4) is 5.75 Å². The third-order valence-electron chi connectivity index (χ3n) is 2.13. The standard InChI is InChI=1S/C10H10N2O3/c11-10(14)8-4-12-3-6(5-13)9(8)15-7-1-2-7/h3-5,7H,1-2H2,(H2,11,14). The number of nitrogens with two attached hydrogens (primary N) is 1. The van der Waals surface area contributed by atoms with E-state index in [0.29, 0.717) is 6.29 Å². The minimum absolute atomic E-state index is 0.101. The van der Waals surface area contributed by atoms with Crippen LogP contribution in [0.5, 0.6) is 5.75 Å². The van der Waals surface area contributed by atoms with Gasteiger partial charge in [-0.3, -0.25) is 14.6 Å². The van der Waals surface area contributed by atoms with Gasteiger partial charge in [0.25, 0.3) is 5.91 Å². The average molecular weight is 206 g/mol. The van der Waals surface area contributed by atoms with Crippen LogP contribution in [-0.2, 0) is 0 Å². The van der Waals surface area contributed by atoms with Crippen LogP contribution < -0.4 is 10.5 Å². The molecule has 0 bridgehead atoms. The van der Waals surface area contributed by atoms with Gasteiger partial charge in [0.15, 0.2) is 6.29 Å². The fraction of sp³-hybridized carbons (Fsp3) is 0.300. The van der Waals surface area contributed by atoms with Crippen LogP contribution in [0.15, 0.2) is 12.4 Å². The molecule has 0 spiro atoms. The first-order valence-corrected chi connectivity index (χ1v) is 4.62. The Bertz CT molecular complexity index is 413. The smallest absolute Gasteiger partial charge is 0.254 e. The quantitative estimate of drug-likeness (QED) is 0.728. The first-order chi connectivity index (χ1) is 7.22. The molecule has 0 aromatic carbocycles. The van der Waals surface area contributed by atoms with E-state index in [2.05, 4.69) is 4.98 Å². The SMILES string of the molecule is NC(=O)c1cncc(C=O)c1OC1CC1. The maximum Gasteiger partial charge on any atom is 0.254 e. The molecular formula is C10H10N2O3. The van der Waals surface area contributed by atoms with Gasteiger partial charge in [0.2, 0.25) is 0 Å². The molecule has 0 unspecified atom stereocenters. The number of ether oxygens (including phenoxy) is 1. The third kappa shape index (κ3) is 1.96. The topological polar surface area (TPSA) is 82.3 Å². The molecule has 1 aromatic rings. The van der Waals surface area contributed by atoms with Crippen molar-refractivity contribution in [2.75, 3.05) is 0 Å². The summed E-state index contributed by atoms with van der Waals surface area (Å²) in [4.78, 5) is 25.6. The van der Waals surface area contributed by atoms with Crippen molar-refractivity contribution in [1.29, 1.82) is 0 Å². The van der Waals surface area contributed by atoms with Gasteiger partial charge in [0.05, 0.1) is 11.7 Å². The largest absolute Gasteiger partial charge is 0.489 e. The zero-order valence-electron chi connectivity index (χ0n) is 7.97. The minimum Gasteiger partial charge on any atom is -0.489 e. The molecule has 1 amide bonds. The first kappa shape index (κ1) is 9.64. The van der Waals surface area contributed by atoms with Crippen molar-refractivity contribution in [3.05, 3.63) is 23.5 Å². The Hall–Kier alpha value is -1.91. The van der Waals surface area contributed by atoms with Crippen LogP contribution >= 0.6 is 0 Å². The molecule has 1 fully saturated rings. The molecule has 15 heavy (non-hydrogen) atoms. The highest BCUT2D eigenvalue weighted by molar-refractivity contribution is 5.98. The second-order valence-electron chi connectivity index (χ2n) is 3.40. The summed E-state index contributed by atoms with van der Waals surface area (Å²) in [6.07, 6.45) is 5.27. The van der Waals surface area contributed by atoms with Crippen LogP contribution in [0.3, 0.4) is 0 Å². The number of hydrogen-bond acceptors (Lipinski definition) is 4. The number of nitrogens with zero attached hydrogens (tertiary/aromatic N) is 1. The molecule has 1 aromatic heterocycles. The number of aldehydes is 1. The van der Waals surface area contributed by atoms with Crippen molar-refractivity contribution in [2.45, 2.75) is 18.9 Å². The Morgan fingerprint density at radius 3 is 2.80 bits per heavy atom. The second-order valence-corrected chi connectivity index (χ2v) is 3.40. The molecule has 0 atom stereocenters. The molecule has 2 rings (SSSR count). The minimum atomic E-state index is -0.637. The fourth-order valence-corrected chi connectivity index (χ4v) is 1.21. The zero-order valence-corrected chi connectivity index (χ0v) is 7.97. The van der Waals surface area contributed by atoms with Gasteiger partial charge in [-0.05, 0) is 12.8 Å². The van der Waals surface area contributed by atoms with E-state index in [4.69, 9.17) is 10.5 Å². The zero-order chi connectivity index (χ0) is 10.8. The van der Waals surface area contributed by atoms with Crippen LogP contribution in [0.2, 0.25) is 0 Å². The van der Waals surface area contributed by atoms with E-state index in [0.717, 1.165) is 12.8 Å². The summed E-state index contributed by atoms with van der Waals surface area (Å²) < 4.78 is 5.47. The summed E-state index contributed by atoms with van der Waals surface area (Å²) in [6, 6.07) is 0. The molecule has 1 heterocycles. The van der Waals surface area contributed by atoms with Gasteiger partial charge in [0, 0.05) is 12.4 Å². The van der Waals surface area contributed by atoms with E-state index in [1.54, 1.807) is 0 Å². The Labute approximate surface area is 86.2 Å². The van der Waals surface area contributed by atoms with Gasteiger partial charge in [-0.15, -0.1) is 0 Å². The van der Waals surface area contributed by atoms with Crippen molar-refractivity contribution in [1.82, 2.24) is 4.98 Å². The fourth-order valence-electron chi connectivity index (χ4n) is 1.21. The van der Waals surface area contributed by atoms with E-state index < -0.39 is 5.91 Å². The van der Waals surface area contributed by atoms with Crippen molar-refractivity contribution < 1.29 is 14.3 Å². The first-order valence-electron chi connectivity index (χ1n) is 4.62. The lowest BCUT2D eigenvalue weighted by atomic mass is 10.2. The summed E-state index contributed by atoms with van der Waals surface area (Å²) in [5.74, 6) is -0.378. The molecular weight excluding hydrogens is 196 g/mol. The van der Waals surface area contributed by atoms with Crippen molar-refractivity contribution in [2.24, 2.45) is 5.73 Å². The predicted octanol–water partition coefficient (Wildman–Crippen LogP) is 0.534. The highest BCUT2D eigenvalue weighted by atomic mass is 16.5. The number of primary amides is 1. The molecule has 0 radical (unpaired) electrons. The van der Waals surface area contributed by atoms with Crippen LogP contribution in [0.25, 0.3) is 0 Å². The van der Waals surface area contributed by atoms with Crippen LogP contribution in [-0.4, -0.2) is 23.3 Å². The van der Waals surface area contributed by atoms with Gasteiger partial charge in [-0.25, -0.2) is 0 Å². The lowest BCUT2D eigenvalue weighted by Crippen LogP contribution is -2.15. The summed E-state index contributed by atoms with van der Waals surface area (Å²) >= 11 is 0. The number of aromatic nitrogens is 1. The molecule has 0 saturated heterocycles. The Morgan fingerprint density at radius 1 is 1.53 bits per heavy atom. The van der Waals surface area contributed by atoms with Gasteiger partial charge in [-0.1, -0.05) is 0 Å². The Morgan fingerprint density at radius 2 is 2.27 bits per heavy atom. The maximum atomic E-state index is 11.1. The van der Waals surface area contributed by atoms with Gasteiger partial charge < -0.3 is 10.5 Å². The third-order valence-corrected chi connectivity index (χ3v) is 2.13. The second kappa shape index (κ2) is 3.68. The number of hydrogen-bond donors (Lipinski definition) is 1. The van der Waals surface area contributed by atoms with Gasteiger partial charge in [0.1, 0.15) is 11.3 Å². The lowest BCUT2D eigenvalue weighted by molar-refractivity contribution is 0.0995. The summed E-state index contributed by atoms with van der Waals surface area (Å²) in [5.41, 5.74) is 5.58. The molecule has 1 saturated carbocycles. The summed E-state index contributed by atoms with van der Waals surface area (Å²) in [6.45, 7) is 0. The normalized spacial score (nSPS) is 14.7. The van der Waals surface area contributed by atoms with E-state index in [-0.39, 0.29) is 23.0 Å². The van der Waals surface area contributed by atoms with Gasteiger partial charge in [-0.2, -0.15) is 0 Å². The number of amides is 1. The Balaban J connectivity index is 2.42. The molecule has 1 aliphatic carbocycles. The van der Waals surface area contributed by atoms with E-state index in [9.17, 15) is 9.59 Å². The number of carbonyl (C=O) groups is 2. The van der Waals surface area contributed by atoms with Crippen LogP contribution in [0, 0.1) is 0 Å². The maximum absolute atomic E-state index is 11.1. The molecule has 0 aliphatic heterocycles. The van der Waals surface area contributed by atoms with Crippen LogP contribution in [0.4, 0.5) is 0 Å². The highest BCUT2D eigenvalue weighted by Gasteiger charge is 2.27. The highest BCUT2D eigenvalue weighted by Crippen LogP contribution is 2.30. The number of carbonyl (C=O) groups excluding carboxylic acids is 2. The van der Waals surface area contributed by atoms with Gasteiger partial charge >= 0.3 is 0 Å². The molecule has 5 nitrogen and oxygen atoms in total. The number of rotatable bonds is 4. The Kier molecular flexibility index (Phi) is 2.37. The molecule has 78 valence electrons. The molecule has 2 N–H and O–H groups in total. The average Bonchev–Trinajstić information content (AvgIpc) is 3.01. The van der Waals surface area contributed by atoms with E-state index >= 15 is 0 Å². The van der Waals surface area contributed by atoms with E-state index in [1.165, 1.54) is 12.4 Å². The van der Waals surface area contributed by atoms with E-state index in [1.807, 2.05) is 0 Å². The van der Waals surface area contributed by atoms with Crippen molar-refractivity contribution >= 4 is 12.2 Å².